The highest BCUT2D eigenvalue weighted by Crippen LogP contribution is 2.12. The van der Waals surface area contributed by atoms with Gasteiger partial charge in [0.05, 0.1) is 6.07 Å². The van der Waals surface area contributed by atoms with Gasteiger partial charge in [0.2, 0.25) is 5.91 Å². The van der Waals surface area contributed by atoms with Gasteiger partial charge in [-0.15, -0.1) is 0 Å². The average molecular weight is 306 g/mol. The van der Waals surface area contributed by atoms with E-state index in [0.29, 0.717) is 12.1 Å². The highest BCUT2D eigenvalue weighted by Gasteiger charge is 2.27. The Morgan fingerprint density at radius 2 is 1.70 bits per heavy atom. The minimum Gasteiger partial charge on any atom is -0.350 e. The molecule has 0 bridgehead atoms. The number of nitrogens with one attached hydrogen (secondary N) is 1. The van der Waals surface area contributed by atoms with Crippen molar-refractivity contribution in [1.29, 1.82) is 5.26 Å². The van der Waals surface area contributed by atoms with E-state index in [2.05, 4.69) is 5.32 Å². The van der Waals surface area contributed by atoms with Crippen LogP contribution in [0.1, 0.15) is 28.4 Å². The molecule has 1 amide bonds. The molecule has 0 aliphatic carbocycles. The molecule has 0 unspecified atom stereocenters. The van der Waals surface area contributed by atoms with Crippen LogP contribution in [0.4, 0.5) is 0 Å². The van der Waals surface area contributed by atoms with Gasteiger partial charge in [-0.3, -0.25) is 9.59 Å². The zero-order valence-corrected chi connectivity index (χ0v) is 13.0. The molecular weight excluding hydrogens is 288 g/mol. The minimum absolute atomic E-state index is 0.292. The number of carbonyl (C=O) groups excluding carboxylic acids is 2. The molecular formula is C19H18N2O2. The fourth-order valence-corrected chi connectivity index (χ4v) is 2.19. The number of aryl methyl sites for hydroxylation is 1. The molecule has 0 aliphatic rings. The van der Waals surface area contributed by atoms with Crippen LogP contribution < -0.4 is 5.32 Å². The minimum atomic E-state index is -1.33. The molecule has 116 valence electrons. The van der Waals surface area contributed by atoms with Crippen LogP contribution in [-0.2, 0) is 17.8 Å². The highest BCUT2D eigenvalue weighted by molar-refractivity contribution is 6.12. The molecule has 0 aromatic heterocycles. The van der Waals surface area contributed by atoms with Gasteiger partial charge in [-0.2, -0.15) is 5.26 Å². The number of amides is 1. The van der Waals surface area contributed by atoms with Gasteiger partial charge in [0.15, 0.2) is 11.7 Å². The summed E-state index contributed by atoms with van der Waals surface area (Å²) in [5, 5.41) is 11.8. The van der Waals surface area contributed by atoms with Crippen molar-refractivity contribution in [3.8, 4) is 6.07 Å². The molecule has 1 atom stereocenters. The first-order valence-corrected chi connectivity index (χ1v) is 7.50. The summed E-state index contributed by atoms with van der Waals surface area (Å²) in [5.41, 5.74) is 2.39. The third-order valence-electron chi connectivity index (χ3n) is 3.61. The zero-order chi connectivity index (χ0) is 16.7. The lowest BCUT2D eigenvalue weighted by molar-refractivity contribution is -0.122. The number of rotatable bonds is 6. The lowest BCUT2D eigenvalue weighted by Gasteiger charge is -2.10. The Labute approximate surface area is 135 Å². The van der Waals surface area contributed by atoms with Crippen LogP contribution in [0.5, 0.6) is 0 Å². The maximum Gasteiger partial charge on any atom is 0.245 e. The molecule has 2 rings (SSSR count). The Hall–Kier alpha value is -2.93. The summed E-state index contributed by atoms with van der Waals surface area (Å²) >= 11 is 0. The van der Waals surface area contributed by atoms with Crippen LogP contribution >= 0.6 is 0 Å². The van der Waals surface area contributed by atoms with Crippen molar-refractivity contribution in [3.05, 3.63) is 71.3 Å². The summed E-state index contributed by atoms with van der Waals surface area (Å²) in [4.78, 5) is 24.5. The summed E-state index contributed by atoms with van der Waals surface area (Å²) in [7, 11) is 0. The fourth-order valence-electron chi connectivity index (χ4n) is 2.19. The van der Waals surface area contributed by atoms with Crippen LogP contribution in [0, 0.1) is 17.2 Å². The van der Waals surface area contributed by atoms with Crippen molar-refractivity contribution in [1.82, 2.24) is 5.32 Å². The van der Waals surface area contributed by atoms with Crippen LogP contribution in [0.2, 0.25) is 0 Å². The summed E-state index contributed by atoms with van der Waals surface area (Å²) < 4.78 is 0. The van der Waals surface area contributed by atoms with Crippen molar-refractivity contribution in [3.63, 3.8) is 0 Å². The first-order valence-electron chi connectivity index (χ1n) is 7.50. The molecule has 0 saturated carbocycles. The monoisotopic (exact) mass is 306 g/mol. The van der Waals surface area contributed by atoms with Crippen LogP contribution in [0.3, 0.4) is 0 Å². The topological polar surface area (TPSA) is 70.0 Å². The van der Waals surface area contributed by atoms with Crippen molar-refractivity contribution in [2.24, 2.45) is 5.92 Å². The van der Waals surface area contributed by atoms with Gasteiger partial charge in [-0.25, -0.2) is 0 Å². The first kappa shape index (κ1) is 16.4. The van der Waals surface area contributed by atoms with E-state index in [1.54, 1.807) is 18.2 Å². The van der Waals surface area contributed by atoms with Gasteiger partial charge in [0.1, 0.15) is 0 Å². The third-order valence-corrected chi connectivity index (χ3v) is 3.61. The number of nitrogens with zero attached hydrogens (tertiary/aromatic N) is 1. The van der Waals surface area contributed by atoms with Gasteiger partial charge in [-0.05, 0) is 17.5 Å². The van der Waals surface area contributed by atoms with Crippen molar-refractivity contribution < 1.29 is 9.59 Å². The number of carbonyl (C=O) groups is 2. The van der Waals surface area contributed by atoms with Crippen LogP contribution in [-0.4, -0.2) is 11.7 Å². The molecule has 2 aromatic rings. The summed E-state index contributed by atoms with van der Waals surface area (Å²) in [6.07, 6.45) is 0.869. The Kier molecular flexibility index (Phi) is 5.65. The van der Waals surface area contributed by atoms with E-state index in [1.807, 2.05) is 49.4 Å². The van der Waals surface area contributed by atoms with E-state index in [9.17, 15) is 14.9 Å². The molecule has 0 fully saturated rings. The van der Waals surface area contributed by atoms with E-state index in [-0.39, 0.29) is 0 Å². The van der Waals surface area contributed by atoms with Gasteiger partial charge in [0, 0.05) is 12.1 Å². The van der Waals surface area contributed by atoms with Crippen molar-refractivity contribution in [2.75, 3.05) is 0 Å². The smallest absolute Gasteiger partial charge is 0.245 e. The second kappa shape index (κ2) is 7.90. The number of ketones is 1. The third kappa shape index (κ3) is 4.27. The second-order valence-electron chi connectivity index (χ2n) is 5.18. The quantitative estimate of drug-likeness (QED) is 0.659. The fraction of sp³-hybridized carbons (Fsp3) is 0.211. The molecule has 0 spiro atoms. The van der Waals surface area contributed by atoms with Crippen LogP contribution in [0.25, 0.3) is 0 Å². The van der Waals surface area contributed by atoms with Crippen molar-refractivity contribution >= 4 is 11.7 Å². The maximum absolute atomic E-state index is 12.3. The van der Waals surface area contributed by atoms with Crippen LogP contribution in [0.15, 0.2) is 54.6 Å². The maximum atomic E-state index is 12.3. The van der Waals surface area contributed by atoms with E-state index in [4.69, 9.17) is 0 Å². The Bertz CT molecular complexity index is 715. The Balaban J connectivity index is 2.04. The van der Waals surface area contributed by atoms with E-state index in [0.717, 1.165) is 17.5 Å². The number of benzene rings is 2. The van der Waals surface area contributed by atoms with E-state index in [1.165, 1.54) is 0 Å². The Morgan fingerprint density at radius 3 is 2.26 bits per heavy atom. The average Bonchev–Trinajstić information content (AvgIpc) is 2.61. The van der Waals surface area contributed by atoms with Gasteiger partial charge >= 0.3 is 0 Å². The number of hydrogen-bond donors (Lipinski definition) is 1. The molecule has 0 radical (unpaired) electrons. The second-order valence-corrected chi connectivity index (χ2v) is 5.18. The lowest BCUT2D eigenvalue weighted by atomic mass is 9.97. The molecule has 0 heterocycles. The summed E-state index contributed by atoms with van der Waals surface area (Å²) in [6, 6.07) is 18.1. The molecule has 2 aromatic carbocycles. The molecule has 23 heavy (non-hydrogen) atoms. The number of Topliss-reactive ketones (excluding diaryl/α,β-unsaturated/α-hetero) is 1. The normalized spacial score (nSPS) is 11.3. The molecule has 4 heteroatoms. The summed E-state index contributed by atoms with van der Waals surface area (Å²) in [5.74, 6) is -2.37. The van der Waals surface area contributed by atoms with Crippen molar-refractivity contribution in [2.45, 2.75) is 19.9 Å². The van der Waals surface area contributed by atoms with E-state index >= 15 is 0 Å². The number of nitriles is 1. The predicted molar refractivity (Wildman–Crippen MR) is 87.5 cm³/mol. The molecule has 4 nitrogen and oxygen atoms in total. The largest absolute Gasteiger partial charge is 0.350 e. The molecule has 0 saturated heterocycles. The molecule has 0 aliphatic heterocycles. The van der Waals surface area contributed by atoms with Gasteiger partial charge in [0.25, 0.3) is 0 Å². The highest BCUT2D eigenvalue weighted by atomic mass is 16.2. The molecule has 1 N–H and O–H groups in total. The first-order chi connectivity index (χ1) is 11.2. The Morgan fingerprint density at radius 1 is 1.04 bits per heavy atom. The predicted octanol–water partition coefficient (Wildman–Crippen LogP) is 2.89. The standard InChI is InChI=1S/C19H18N2O2/c1-2-14-8-10-16(11-9-14)18(22)17(12-20)19(23)21-13-15-6-4-3-5-7-15/h3-11,17H,2,13H2,1H3,(H,21,23)/t17-/m1/s1. The van der Waals surface area contributed by atoms with E-state index < -0.39 is 17.6 Å². The summed E-state index contributed by atoms with van der Waals surface area (Å²) in [6.45, 7) is 2.31. The SMILES string of the molecule is CCc1ccc(C(=O)[C@@H](C#N)C(=O)NCc2ccccc2)cc1. The van der Waals surface area contributed by atoms with Gasteiger partial charge < -0.3 is 5.32 Å². The lowest BCUT2D eigenvalue weighted by Crippen LogP contribution is -2.34. The zero-order valence-electron chi connectivity index (χ0n) is 13.0. The van der Waals surface area contributed by atoms with Gasteiger partial charge in [-0.1, -0.05) is 61.5 Å². The number of hydrogen-bond acceptors (Lipinski definition) is 3.